The molecule has 0 fully saturated rings. The lowest BCUT2D eigenvalue weighted by molar-refractivity contribution is 0.746. The first-order valence-corrected chi connectivity index (χ1v) is 6.50. The van der Waals surface area contributed by atoms with Crippen molar-refractivity contribution in [3.8, 4) is 0 Å². The summed E-state index contributed by atoms with van der Waals surface area (Å²) in [5, 5.41) is 7.75. The maximum Gasteiger partial charge on any atom is 0.134 e. The van der Waals surface area contributed by atoms with E-state index in [9.17, 15) is 0 Å². The summed E-state index contributed by atoms with van der Waals surface area (Å²) in [6.07, 6.45) is 5.25. The van der Waals surface area contributed by atoms with Crippen LogP contribution < -0.4 is 11.1 Å². The fraction of sp³-hybridized carbons (Fsp3) is 0.462. The van der Waals surface area contributed by atoms with Crippen molar-refractivity contribution in [2.75, 3.05) is 11.1 Å². The summed E-state index contributed by atoms with van der Waals surface area (Å²) in [5.74, 6) is 1.35. The van der Waals surface area contributed by atoms with E-state index in [4.69, 9.17) is 5.73 Å². The lowest BCUT2D eigenvalue weighted by Crippen LogP contribution is -2.08. The van der Waals surface area contributed by atoms with Crippen molar-refractivity contribution in [2.45, 2.75) is 33.2 Å². The predicted octanol–water partition coefficient (Wildman–Crippen LogP) is 1.53. The maximum absolute atomic E-state index is 5.85. The Balaban J connectivity index is 2.16. The Morgan fingerprint density at radius 1 is 1.26 bits per heavy atom. The van der Waals surface area contributed by atoms with Gasteiger partial charge in [-0.15, -0.1) is 0 Å². The Labute approximate surface area is 113 Å². The lowest BCUT2D eigenvalue weighted by atomic mass is 10.2. The Bertz CT molecular complexity index is 560. The van der Waals surface area contributed by atoms with Crippen LogP contribution in [0.25, 0.3) is 0 Å². The van der Waals surface area contributed by atoms with Crippen LogP contribution >= 0.6 is 0 Å². The molecular weight excluding hydrogens is 240 g/mol. The van der Waals surface area contributed by atoms with E-state index in [-0.39, 0.29) is 0 Å². The number of hydrogen-bond donors (Lipinski definition) is 2. The fourth-order valence-corrected chi connectivity index (χ4v) is 2.13. The standard InChI is InChI=1S/C13H20N6/c1-4-10-12(14)16-8-17-13(10)15-6-9-7-19(3)18-11(9)5-2/h7-8H,4-6H2,1-3H3,(H3,14,15,16,17). The molecule has 2 rings (SSSR count). The molecule has 6 nitrogen and oxygen atoms in total. The second kappa shape index (κ2) is 5.69. The number of aromatic nitrogens is 4. The number of hydrogen-bond acceptors (Lipinski definition) is 5. The molecule has 0 aliphatic rings. The second-order valence-electron chi connectivity index (χ2n) is 4.42. The third-order valence-corrected chi connectivity index (χ3v) is 3.11. The highest BCUT2D eigenvalue weighted by Gasteiger charge is 2.09. The van der Waals surface area contributed by atoms with Gasteiger partial charge in [-0.1, -0.05) is 13.8 Å². The average Bonchev–Trinajstić information content (AvgIpc) is 2.76. The van der Waals surface area contributed by atoms with Gasteiger partial charge in [-0.25, -0.2) is 9.97 Å². The monoisotopic (exact) mass is 260 g/mol. The Morgan fingerprint density at radius 3 is 2.74 bits per heavy atom. The molecule has 0 spiro atoms. The van der Waals surface area contributed by atoms with E-state index in [2.05, 4.69) is 27.3 Å². The first kappa shape index (κ1) is 13.3. The van der Waals surface area contributed by atoms with Crippen LogP contribution in [0.1, 0.15) is 30.7 Å². The molecule has 0 bridgehead atoms. The van der Waals surface area contributed by atoms with Crippen molar-refractivity contribution < 1.29 is 0 Å². The SMILES string of the molecule is CCc1nn(C)cc1CNc1ncnc(N)c1CC. The Hall–Kier alpha value is -2.11. The van der Waals surface area contributed by atoms with Gasteiger partial charge in [0.05, 0.1) is 5.69 Å². The van der Waals surface area contributed by atoms with Crippen LogP contribution in [0, 0.1) is 0 Å². The van der Waals surface area contributed by atoms with Gasteiger partial charge in [0.25, 0.3) is 0 Å². The van der Waals surface area contributed by atoms with Crippen molar-refractivity contribution in [1.29, 1.82) is 0 Å². The highest BCUT2D eigenvalue weighted by Crippen LogP contribution is 2.19. The topological polar surface area (TPSA) is 81.7 Å². The number of nitrogens with two attached hydrogens (primary N) is 1. The van der Waals surface area contributed by atoms with Gasteiger partial charge in [-0.3, -0.25) is 4.68 Å². The number of anilines is 2. The summed E-state index contributed by atoms with van der Waals surface area (Å²) in [6.45, 7) is 4.84. The van der Waals surface area contributed by atoms with Gasteiger partial charge in [0, 0.05) is 30.9 Å². The molecule has 0 aromatic carbocycles. The molecule has 0 amide bonds. The summed E-state index contributed by atoms with van der Waals surface area (Å²) in [5.41, 5.74) is 9.11. The minimum atomic E-state index is 0.543. The van der Waals surface area contributed by atoms with Gasteiger partial charge in [0.2, 0.25) is 0 Å². The third kappa shape index (κ3) is 2.83. The quantitative estimate of drug-likeness (QED) is 0.852. The van der Waals surface area contributed by atoms with Gasteiger partial charge in [0.15, 0.2) is 0 Å². The Morgan fingerprint density at radius 2 is 2.05 bits per heavy atom. The van der Waals surface area contributed by atoms with E-state index in [1.165, 1.54) is 11.9 Å². The van der Waals surface area contributed by atoms with Crippen molar-refractivity contribution in [3.05, 3.63) is 29.3 Å². The summed E-state index contributed by atoms with van der Waals surface area (Å²) in [7, 11) is 1.93. The van der Waals surface area contributed by atoms with Crippen molar-refractivity contribution in [3.63, 3.8) is 0 Å². The minimum Gasteiger partial charge on any atom is -0.383 e. The molecule has 6 heteroatoms. The fourth-order valence-electron chi connectivity index (χ4n) is 2.13. The summed E-state index contributed by atoms with van der Waals surface area (Å²) >= 11 is 0. The highest BCUT2D eigenvalue weighted by atomic mass is 15.3. The second-order valence-corrected chi connectivity index (χ2v) is 4.42. The molecule has 102 valence electrons. The van der Waals surface area contributed by atoms with Gasteiger partial charge in [0.1, 0.15) is 18.0 Å². The first-order valence-electron chi connectivity index (χ1n) is 6.50. The van der Waals surface area contributed by atoms with Gasteiger partial charge in [-0.2, -0.15) is 5.10 Å². The van der Waals surface area contributed by atoms with Crippen LogP contribution in [-0.2, 0) is 26.4 Å². The number of nitrogens with one attached hydrogen (secondary N) is 1. The molecule has 2 aromatic rings. The molecule has 2 aromatic heterocycles. The normalized spacial score (nSPS) is 10.7. The number of aryl methyl sites for hydroxylation is 2. The predicted molar refractivity (Wildman–Crippen MR) is 75.7 cm³/mol. The molecule has 19 heavy (non-hydrogen) atoms. The number of nitrogens with zero attached hydrogens (tertiary/aromatic N) is 4. The molecule has 0 aliphatic heterocycles. The molecule has 0 aliphatic carbocycles. The van der Waals surface area contributed by atoms with E-state index in [0.717, 1.165) is 29.9 Å². The van der Waals surface area contributed by atoms with E-state index < -0.39 is 0 Å². The lowest BCUT2D eigenvalue weighted by Gasteiger charge is -2.10. The summed E-state index contributed by atoms with van der Waals surface area (Å²) in [4.78, 5) is 8.27. The Kier molecular flexibility index (Phi) is 3.99. The van der Waals surface area contributed by atoms with Crippen molar-refractivity contribution >= 4 is 11.6 Å². The van der Waals surface area contributed by atoms with Crippen LogP contribution in [0.3, 0.4) is 0 Å². The molecule has 0 radical (unpaired) electrons. The van der Waals surface area contributed by atoms with Crippen LogP contribution in [0.5, 0.6) is 0 Å². The average molecular weight is 260 g/mol. The van der Waals surface area contributed by atoms with Crippen molar-refractivity contribution in [1.82, 2.24) is 19.7 Å². The first-order chi connectivity index (χ1) is 9.15. The largest absolute Gasteiger partial charge is 0.383 e. The third-order valence-electron chi connectivity index (χ3n) is 3.11. The number of nitrogen functional groups attached to an aromatic ring is 1. The summed E-state index contributed by atoms with van der Waals surface area (Å²) in [6, 6.07) is 0. The van der Waals surface area contributed by atoms with E-state index >= 15 is 0 Å². The van der Waals surface area contributed by atoms with Gasteiger partial charge >= 0.3 is 0 Å². The van der Waals surface area contributed by atoms with E-state index in [1.807, 2.05) is 24.9 Å². The molecule has 0 saturated carbocycles. The minimum absolute atomic E-state index is 0.543. The zero-order valence-electron chi connectivity index (χ0n) is 11.6. The molecule has 3 N–H and O–H groups in total. The molecule has 0 atom stereocenters. The molecule has 0 unspecified atom stereocenters. The van der Waals surface area contributed by atoms with Gasteiger partial charge < -0.3 is 11.1 Å². The molecule has 2 heterocycles. The number of rotatable bonds is 5. The van der Waals surface area contributed by atoms with Crippen molar-refractivity contribution in [2.24, 2.45) is 7.05 Å². The zero-order valence-corrected chi connectivity index (χ0v) is 11.6. The van der Waals surface area contributed by atoms with Crippen LogP contribution in [-0.4, -0.2) is 19.7 Å². The summed E-state index contributed by atoms with van der Waals surface area (Å²) < 4.78 is 1.84. The van der Waals surface area contributed by atoms with Crippen LogP contribution in [0.4, 0.5) is 11.6 Å². The van der Waals surface area contributed by atoms with Gasteiger partial charge in [-0.05, 0) is 12.8 Å². The maximum atomic E-state index is 5.85. The molecular formula is C13H20N6. The van der Waals surface area contributed by atoms with E-state index in [1.54, 1.807) is 0 Å². The molecule has 0 saturated heterocycles. The van der Waals surface area contributed by atoms with Crippen LogP contribution in [0.2, 0.25) is 0 Å². The highest BCUT2D eigenvalue weighted by molar-refractivity contribution is 5.55. The van der Waals surface area contributed by atoms with Crippen LogP contribution in [0.15, 0.2) is 12.5 Å². The smallest absolute Gasteiger partial charge is 0.134 e. The zero-order chi connectivity index (χ0) is 13.8. The van der Waals surface area contributed by atoms with E-state index in [0.29, 0.717) is 12.4 Å².